The SMILES string of the molecule is CN(CCOCc1ccccc1)CCC1(O)CCCC1. The highest BCUT2D eigenvalue weighted by Crippen LogP contribution is 2.32. The quantitative estimate of drug-likeness (QED) is 0.742. The van der Waals surface area contributed by atoms with Gasteiger partial charge >= 0.3 is 0 Å². The van der Waals surface area contributed by atoms with Crippen LogP contribution in [0.2, 0.25) is 0 Å². The predicted molar refractivity (Wildman–Crippen MR) is 81.6 cm³/mol. The van der Waals surface area contributed by atoms with E-state index in [2.05, 4.69) is 24.1 Å². The fraction of sp³-hybridized carbons (Fsp3) is 0.647. The molecule has 0 heterocycles. The summed E-state index contributed by atoms with van der Waals surface area (Å²) >= 11 is 0. The van der Waals surface area contributed by atoms with E-state index in [0.717, 1.165) is 39.0 Å². The molecule has 1 aromatic rings. The van der Waals surface area contributed by atoms with Crippen LogP contribution in [0.25, 0.3) is 0 Å². The van der Waals surface area contributed by atoms with Gasteiger partial charge in [-0.25, -0.2) is 0 Å². The van der Waals surface area contributed by atoms with Crippen molar-refractivity contribution >= 4 is 0 Å². The summed E-state index contributed by atoms with van der Waals surface area (Å²) in [6.45, 7) is 3.29. The maximum atomic E-state index is 10.3. The van der Waals surface area contributed by atoms with E-state index in [0.29, 0.717) is 6.61 Å². The first-order valence-electron chi connectivity index (χ1n) is 7.71. The maximum absolute atomic E-state index is 10.3. The van der Waals surface area contributed by atoms with Crippen molar-refractivity contribution < 1.29 is 9.84 Å². The monoisotopic (exact) mass is 277 g/mol. The second-order valence-electron chi connectivity index (χ2n) is 6.02. The molecule has 1 fully saturated rings. The summed E-state index contributed by atoms with van der Waals surface area (Å²) in [5.74, 6) is 0. The first-order valence-corrected chi connectivity index (χ1v) is 7.71. The molecule has 0 unspecified atom stereocenters. The molecule has 0 bridgehead atoms. The minimum atomic E-state index is -0.390. The number of aliphatic hydroxyl groups is 1. The average molecular weight is 277 g/mol. The van der Waals surface area contributed by atoms with Crippen molar-refractivity contribution in [3.8, 4) is 0 Å². The fourth-order valence-corrected chi connectivity index (χ4v) is 2.78. The summed E-state index contributed by atoms with van der Waals surface area (Å²) in [4.78, 5) is 2.25. The average Bonchev–Trinajstić information content (AvgIpc) is 2.90. The Labute approximate surface area is 122 Å². The van der Waals surface area contributed by atoms with Crippen LogP contribution in [0.15, 0.2) is 30.3 Å². The van der Waals surface area contributed by atoms with Crippen LogP contribution in [0.1, 0.15) is 37.7 Å². The minimum Gasteiger partial charge on any atom is -0.390 e. The Balaban J connectivity index is 1.55. The molecule has 3 heteroatoms. The first kappa shape index (κ1) is 15.5. The van der Waals surface area contributed by atoms with Crippen LogP contribution >= 0.6 is 0 Å². The van der Waals surface area contributed by atoms with Crippen LogP contribution in [-0.2, 0) is 11.3 Å². The third-order valence-corrected chi connectivity index (χ3v) is 4.22. The number of ether oxygens (including phenoxy) is 1. The van der Waals surface area contributed by atoms with E-state index in [-0.39, 0.29) is 5.60 Å². The smallest absolute Gasteiger partial charge is 0.0717 e. The summed E-state index contributed by atoms with van der Waals surface area (Å²) in [6, 6.07) is 10.3. The molecule has 1 aromatic carbocycles. The molecule has 20 heavy (non-hydrogen) atoms. The van der Waals surface area contributed by atoms with Crippen molar-refractivity contribution in [3.05, 3.63) is 35.9 Å². The van der Waals surface area contributed by atoms with Crippen molar-refractivity contribution in [1.29, 1.82) is 0 Å². The van der Waals surface area contributed by atoms with Gasteiger partial charge in [0.1, 0.15) is 0 Å². The lowest BCUT2D eigenvalue weighted by atomic mass is 9.98. The zero-order chi connectivity index (χ0) is 14.3. The Kier molecular flexibility index (Phi) is 6.02. The second-order valence-corrected chi connectivity index (χ2v) is 6.02. The van der Waals surface area contributed by atoms with Gasteiger partial charge < -0.3 is 14.7 Å². The Morgan fingerprint density at radius 2 is 1.85 bits per heavy atom. The highest BCUT2D eigenvalue weighted by molar-refractivity contribution is 5.13. The van der Waals surface area contributed by atoms with E-state index in [4.69, 9.17) is 4.74 Å². The van der Waals surface area contributed by atoms with Gasteiger partial charge in [0, 0.05) is 13.1 Å². The van der Waals surface area contributed by atoms with Crippen LogP contribution < -0.4 is 0 Å². The highest BCUT2D eigenvalue weighted by Gasteiger charge is 2.30. The summed E-state index contributed by atoms with van der Waals surface area (Å²) in [6.07, 6.45) is 5.21. The number of hydrogen-bond acceptors (Lipinski definition) is 3. The molecule has 3 nitrogen and oxygen atoms in total. The van der Waals surface area contributed by atoms with Crippen LogP contribution in [0.5, 0.6) is 0 Å². The van der Waals surface area contributed by atoms with Crippen molar-refractivity contribution in [2.75, 3.05) is 26.7 Å². The third kappa shape index (κ3) is 5.23. The number of rotatable bonds is 8. The van der Waals surface area contributed by atoms with Crippen molar-refractivity contribution in [2.24, 2.45) is 0 Å². The van der Waals surface area contributed by atoms with Crippen molar-refractivity contribution in [2.45, 2.75) is 44.3 Å². The lowest BCUT2D eigenvalue weighted by molar-refractivity contribution is 0.0263. The van der Waals surface area contributed by atoms with Gasteiger partial charge in [0.2, 0.25) is 0 Å². The van der Waals surface area contributed by atoms with Crippen LogP contribution in [0.4, 0.5) is 0 Å². The Morgan fingerprint density at radius 1 is 1.15 bits per heavy atom. The number of nitrogens with zero attached hydrogens (tertiary/aromatic N) is 1. The molecular formula is C17H27NO2. The van der Waals surface area contributed by atoms with Crippen LogP contribution in [-0.4, -0.2) is 42.4 Å². The molecule has 2 rings (SSSR count). The van der Waals surface area contributed by atoms with Gasteiger partial charge in [0.25, 0.3) is 0 Å². The molecule has 0 radical (unpaired) electrons. The van der Waals surface area contributed by atoms with Crippen molar-refractivity contribution in [1.82, 2.24) is 4.90 Å². The molecule has 1 saturated carbocycles. The third-order valence-electron chi connectivity index (χ3n) is 4.22. The Morgan fingerprint density at radius 3 is 2.55 bits per heavy atom. The Hall–Kier alpha value is -0.900. The topological polar surface area (TPSA) is 32.7 Å². The molecule has 0 saturated heterocycles. The zero-order valence-electron chi connectivity index (χ0n) is 12.6. The molecule has 112 valence electrons. The second kappa shape index (κ2) is 7.77. The fourth-order valence-electron chi connectivity index (χ4n) is 2.78. The molecule has 1 aliphatic carbocycles. The number of likely N-dealkylation sites (N-methyl/N-ethyl adjacent to an activating group) is 1. The summed E-state index contributed by atoms with van der Waals surface area (Å²) in [7, 11) is 2.10. The van der Waals surface area contributed by atoms with E-state index in [1.54, 1.807) is 0 Å². The van der Waals surface area contributed by atoms with E-state index in [1.165, 1.54) is 18.4 Å². The van der Waals surface area contributed by atoms with Crippen LogP contribution in [0, 0.1) is 0 Å². The van der Waals surface area contributed by atoms with Gasteiger partial charge in [0.15, 0.2) is 0 Å². The van der Waals surface area contributed by atoms with E-state index in [9.17, 15) is 5.11 Å². The lowest BCUT2D eigenvalue weighted by Gasteiger charge is -2.25. The summed E-state index contributed by atoms with van der Waals surface area (Å²) < 4.78 is 5.68. The predicted octanol–water partition coefficient (Wildman–Crippen LogP) is 2.83. The molecule has 1 aliphatic rings. The van der Waals surface area contributed by atoms with Crippen molar-refractivity contribution in [3.63, 3.8) is 0 Å². The van der Waals surface area contributed by atoms with Gasteiger partial charge in [-0.05, 0) is 31.9 Å². The highest BCUT2D eigenvalue weighted by atomic mass is 16.5. The minimum absolute atomic E-state index is 0.390. The zero-order valence-corrected chi connectivity index (χ0v) is 12.6. The van der Waals surface area contributed by atoms with Gasteiger partial charge in [-0.2, -0.15) is 0 Å². The molecule has 0 aromatic heterocycles. The number of hydrogen-bond donors (Lipinski definition) is 1. The maximum Gasteiger partial charge on any atom is 0.0717 e. The number of benzene rings is 1. The summed E-state index contributed by atoms with van der Waals surface area (Å²) in [5, 5.41) is 10.3. The standard InChI is InChI=1S/C17H27NO2/c1-18(12-11-17(19)9-5-6-10-17)13-14-20-15-16-7-3-2-4-8-16/h2-4,7-8,19H,5-6,9-15H2,1H3. The molecule has 0 atom stereocenters. The van der Waals surface area contributed by atoms with Gasteiger partial charge in [-0.3, -0.25) is 0 Å². The van der Waals surface area contributed by atoms with E-state index in [1.807, 2.05) is 18.2 Å². The largest absolute Gasteiger partial charge is 0.390 e. The van der Waals surface area contributed by atoms with Gasteiger partial charge in [-0.15, -0.1) is 0 Å². The van der Waals surface area contributed by atoms with E-state index < -0.39 is 0 Å². The first-order chi connectivity index (χ1) is 9.68. The molecule has 0 aliphatic heterocycles. The van der Waals surface area contributed by atoms with Crippen LogP contribution in [0.3, 0.4) is 0 Å². The van der Waals surface area contributed by atoms with E-state index >= 15 is 0 Å². The normalized spacial score (nSPS) is 17.8. The molecule has 0 amide bonds. The molecule has 1 N–H and O–H groups in total. The van der Waals surface area contributed by atoms with Gasteiger partial charge in [0.05, 0.1) is 18.8 Å². The summed E-state index contributed by atoms with van der Waals surface area (Å²) in [5.41, 5.74) is 0.828. The lowest BCUT2D eigenvalue weighted by Crippen LogP contribution is -2.32. The Bertz CT molecular complexity index is 374. The molecule has 0 spiro atoms. The molecular weight excluding hydrogens is 250 g/mol. The van der Waals surface area contributed by atoms with Gasteiger partial charge in [-0.1, -0.05) is 43.2 Å².